The molecule has 0 aliphatic carbocycles. The van der Waals surface area contributed by atoms with E-state index in [9.17, 15) is 4.79 Å². The molecule has 0 atom stereocenters. The predicted octanol–water partition coefficient (Wildman–Crippen LogP) is 1.70. The SMILES string of the molecule is CCOC(=O)COc1ccc(CN2CCC(c3nnc4n3CCNC4)CC2)cc1. The summed E-state index contributed by atoms with van der Waals surface area (Å²) in [5.41, 5.74) is 1.25. The number of carbonyl (C=O) groups is 1. The summed E-state index contributed by atoms with van der Waals surface area (Å²) < 4.78 is 12.6. The second-order valence-corrected chi connectivity index (χ2v) is 7.59. The number of hydrogen-bond acceptors (Lipinski definition) is 7. The second-order valence-electron chi connectivity index (χ2n) is 7.59. The van der Waals surface area contributed by atoms with Gasteiger partial charge < -0.3 is 19.4 Å². The summed E-state index contributed by atoms with van der Waals surface area (Å²) in [5.74, 6) is 3.09. The van der Waals surface area contributed by atoms with E-state index in [0.717, 1.165) is 57.9 Å². The Balaban J connectivity index is 1.25. The third-order valence-corrected chi connectivity index (χ3v) is 5.60. The average Bonchev–Trinajstić information content (AvgIpc) is 3.18. The summed E-state index contributed by atoms with van der Waals surface area (Å²) in [7, 11) is 0. The maximum Gasteiger partial charge on any atom is 0.344 e. The van der Waals surface area contributed by atoms with E-state index in [4.69, 9.17) is 9.47 Å². The number of aromatic nitrogens is 3. The monoisotopic (exact) mass is 399 g/mol. The largest absolute Gasteiger partial charge is 0.482 e. The molecule has 0 bridgehead atoms. The van der Waals surface area contributed by atoms with Crippen LogP contribution < -0.4 is 10.1 Å². The zero-order chi connectivity index (χ0) is 20.1. The van der Waals surface area contributed by atoms with Gasteiger partial charge in [0.2, 0.25) is 0 Å². The van der Waals surface area contributed by atoms with E-state index in [-0.39, 0.29) is 12.6 Å². The van der Waals surface area contributed by atoms with Gasteiger partial charge in [0, 0.05) is 25.6 Å². The first kappa shape index (κ1) is 19.8. The third-order valence-electron chi connectivity index (χ3n) is 5.60. The lowest BCUT2D eigenvalue weighted by Gasteiger charge is -2.32. The summed E-state index contributed by atoms with van der Waals surface area (Å²) in [6.45, 7) is 7.94. The highest BCUT2D eigenvalue weighted by Crippen LogP contribution is 2.28. The van der Waals surface area contributed by atoms with Crippen molar-refractivity contribution in [2.45, 2.75) is 45.3 Å². The average molecular weight is 399 g/mol. The number of esters is 1. The molecule has 8 nitrogen and oxygen atoms in total. The van der Waals surface area contributed by atoms with Crippen LogP contribution in [-0.4, -0.2) is 58.5 Å². The van der Waals surface area contributed by atoms with Gasteiger partial charge in [0.15, 0.2) is 6.61 Å². The number of nitrogens with zero attached hydrogens (tertiary/aromatic N) is 4. The van der Waals surface area contributed by atoms with E-state index in [1.165, 1.54) is 11.4 Å². The van der Waals surface area contributed by atoms with Crippen molar-refractivity contribution < 1.29 is 14.3 Å². The third kappa shape index (κ3) is 4.94. The fourth-order valence-corrected chi connectivity index (χ4v) is 4.06. The highest BCUT2D eigenvalue weighted by Gasteiger charge is 2.26. The van der Waals surface area contributed by atoms with E-state index in [0.29, 0.717) is 18.3 Å². The standard InChI is InChI=1S/C21H29N5O3/c1-2-28-20(27)15-29-18-5-3-16(4-6-18)14-25-10-7-17(8-11-25)21-24-23-19-13-22-9-12-26(19)21/h3-6,17,22H,2,7-15H2,1H3. The number of carbonyl (C=O) groups excluding carboxylic acids is 1. The summed E-state index contributed by atoms with van der Waals surface area (Å²) in [6, 6.07) is 7.96. The maximum absolute atomic E-state index is 11.4. The molecule has 0 spiro atoms. The topological polar surface area (TPSA) is 81.5 Å². The molecule has 3 heterocycles. The molecule has 8 heteroatoms. The summed E-state index contributed by atoms with van der Waals surface area (Å²) >= 11 is 0. The van der Waals surface area contributed by atoms with Crippen molar-refractivity contribution in [3.05, 3.63) is 41.5 Å². The van der Waals surface area contributed by atoms with Gasteiger partial charge in [-0.15, -0.1) is 10.2 Å². The van der Waals surface area contributed by atoms with E-state index >= 15 is 0 Å². The molecule has 1 fully saturated rings. The fourth-order valence-electron chi connectivity index (χ4n) is 4.06. The van der Waals surface area contributed by atoms with Gasteiger partial charge in [-0.2, -0.15) is 0 Å². The highest BCUT2D eigenvalue weighted by molar-refractivity contribution is 5.71. The molecule has 1 saturated heterocycles. The molecule has 0 amide bonds. The zero-order valence-corrected chi connectivity index (χ0v) is 17.0. The van der Waals surface area contributed by atoms with E-state index in [1.54, 1.807) is 6.92 Å². The quantitative estimate of drug-likeness (QED) is 0.710. The number of fused-ring (bicyclic) bond motifs is 1. The molecule has 0 unspecified atom stereocenters. The van der Waals surface area contributed by atoms with Crippen molar-refractivity contribution in [2.24, 2.45) is 0 Å². The van der Waals surface area contributed by atoms with Crippen molar-refractivity contribution in [3.63, 3.8) is 0 Å². The lowest BCUT2D eigenvalue weighted by Crippen LogP contribution is -2.34. The Labute approximate surface area is 171 Å². The van der Waals surface area contributed by atoms with Gasteiger partial charge in [0.25, 0.3) is 0 Å². The highest BCUT2D eigenvalue weighted by atomic mass is 16.6. The van der Waals surface area contributed by atoms with Crippen LogP contribution in [0.5, 0.6) is 5.75 Å². The zero-order valence-electron chi connectivity index (χ0n) is 17.0. The smallest absolute Gasteiger partial charge is 0.344 e. The summed E-state index contributed by atoms with van der Waals surface area (Å²) in [6.07, 6.45) is 2.23. The molecule has 0 radical (unpaired) electrons. The minimum absolute atomic E-state index is 0.0525. The predicted molar refractivity (Wildman–Crippen MR) is 108 cm³/mol. The molecule has 4 rings (SSSR count). The number of ether oxygens (including phenoxy) is 2. The molecule has 1 N–H and O–H groups in total. The van der Waals surface area contributed by atoms with Crippen LogP contribution in [0.15, 0.2) is 24.3 Å². The molecule has 1 aromatic heterocycles. The molecule has 0 saturated carbocycles. The van der Waals surface area contributed by atoms with E-state index in [1.807, 2.05) is 12.1 Å². The number of benzene rings is 1. The Hall–Kier alpha value is -2.45. The van der Waals surface area contributed by atoms with Gasteiger partial charge in [-0.25, -0.2) is 4.79 Å². The van der Waals surface area contributed by atoms with Crippen molar-refractivity contribution >= 4 is 5.97 Å². The van der Waals surface area contributed by atoms with Crippen LogP contribution in [0.2, 0.25) is 0 Å². The van der Waals surface area contributed by atoms with Crippen molar-refractivity contribution in [1.29, 1.82) is 0 Å². The molecule has 2 aliphatic rings. The van der Waals surface area contributed by atoms with Gasteiger partial charge >= 0.3 is 5.97 Å². The number of nitrogens with one attached hydrogen (secondary N) is 1. The molecule has 1 aromatic carbocycles. The number of piperidine rings is 1. The molecule has 29 heavy (non-hydrogen) atoms. The Morgan fingerprint density at radius 1 is 1.17 bits per heavy atom. The van der Waals surface area contributed by atoms with Crippen molar-refractivity contribution in [1.82, 2.24) is 25.0 Å². The van der Waals surface area contributed by atoms with Crippen LogP contribution in [0.3, 0.4) is 0 Å². The minimum atomic E-state index is -0.343. The first-order chi connectivity index (χ1) is 14.2. The number of likely N-dealkylation sites (tertiary alicyclic amines) is 1. The van der Waals surface area contributed by atoms with E-state index in [2.05, 4.69) is 37.1 Å². The first-order valence-electron chi connectivity index (χ1n) is 10.5. The lowest BCUT2D eigenvalue weighted by molar-refractivity contribution is -0.145. The van der Waals surface area contributed by atoms with Gasteiger partial charge in [0.1, 0.15) is 17.4 Å². The number of hydrogen-bond donors (Lipinski definition) is 1. The lowest BCUT2D eigenvalue weighted by atomic mass is 9.95. The molecule has 2 aromatic rings. The van der Waals surface area contributed by atoms with Gasteiger partial charge in [-0.1, -0.05) is 12.1 Å². The fraction of sp³-hybridized carbons (Fsp3) is 0.571. The van der Waals surface area contributed by atoms with Crippen LogP contribution in [0.4, 0.5) is 0 Å². The van der Waals surface area contributed by atoms with Gasteiger partial charge in [-0.05, 0) is 50.6 Å². The Morgan fingerprint density at radius 3 is 2.72 bits per heavy atom. The van der Waals surface area contributed by atoms with Crippen molar-refractivity contribution in [2.75, 3.05) is 32.8 Å². The summed E-state index contributed by atoms with van der Waals surface area (Å²) in [5, 5.41) is 12.2. The molecule has 156 valence electrons. The summed E-state index contributed by atoms with van der Waals surface area (Å²) in [4.78, 5) is 13.9. The first-order valence-corrected chi connectivity index (χ1v) is 10.5. The van der Waals surface area contributed by atoms with Crippen molar-refractivity contribution in [3.8, 4) is 5.75 Å². The molecular weight excluding hydrogens is 370 g/mol. The molecule has 2 aliphatic heterocycles. The Kier molecular flexibility index (Phi) is 6.41. The van der Waals surface area contributed by atoms with Gasteiger partial charge in [-0.3, -0.25) is 4.90 Å². The van der Waals surface area contributed by atoms with Crippen LogP contribution in [0.1, 0.15) is 42.9 Å². The van der Waals surface area contributed by atoms with Crippen LogP contribution in [0.25, 0.3) is 0 Å². The van der Waals surface area contributed by atoms with Gasteiger partial charge in [0.05, 0.1) is 13.2 Å². The minimum Gasteiger partial charge on any atom is -0.482 e. The van der Waals surface area contributed by atoms with Crippen LogP contribution in [-0.2, 0) is 29.2 Å². The van der Waals surface area contributed by atoms with Crippen LogP contribution in [0, 0.1) is 0 Å². The Bertz CT molecular complexity index is 812. The second kappa shape index (κ2) is 9.37. The normalized spacial score (nSPS) is 17.7. The molecular formula is C21H29N5O3. The maximum atomic E-state index is 11.4. The Morgan fingerprint density at radius 2 is 1.97 bits per heavy atom. The number of rotatable bonds is 7. The van der Waals surface area contributed by atoms with E-state index < -0.39 is 0 Å². The van der Waals surface area contributed by atoms with Crippen LogP contribution >= 0.6 is 0 Å².